The van der Waals surface area contributed by atoms with Gasteiger partial charge in [0.05, 0.1) is 0 Å². The van der Waals surface area contributed by atoms with Crippen LogP contribution in [0.4, 0.5) is 0 Å². The van der Waals surface area contributed by atoms with Crippen LogP contribution in [0.3, 0.4) is 0 Å². The number of rotatable bonds is 6. The number of hydrogen-bond acceptors (Lipinski definition) is 2. The highest BCUT2D eigenvalue weighted by atomic mass is 16.6. The molecule has 0 fully saturated rings. The summed E-state index contributed by atoms with van der Waals surface area (Å²) in [4.78, 5) is 5.24. The molecule has 101 valence electrons. The van der Waals surface area contributed by atoms with E-state index < -0.39 is 0 Å². The molecule has 0 amide bonds. The molecular weight excluding hydrogens is 246 g/mol. The monoisotopic (exact) mass is 264 g/mol. The molecule has 0 saturated heterocycles. The number of nitrogens with zero attached hydrogens (tertiary/aromatic N) is 1. The lowest BCUT2D eigenvalue weighted by Gasteiger charge is -2.00. The molecule has 0 unspecified atom stereocenters. The lowest BCUT2D eigenvalue weighted by molar-refractivity contribution is 0.132. The van der Waals surface area contributed by atoms with Gasteiger partial charge in [-0.15, -0.1) is 0 Å². The molecule has 2 rings (SSSR count). The maximum absolute atomic E-state index is 5.24. The lowest BCUT2D eigenvalue weighted by Crippen LogP contribution is -1.89. The minimum absolute atomic E-state index is 0.442. The van der Waals surface area contributed by atoms with Gasteiger partial charge in [0.25, 0.3) is 0 Å². The van der Waals surface area contributed by atoms with Crippen LogP contribution in [0.1, 0.15) is 29.2 Å². The van der Waals surface area contributed by atoms with Crippen molar-refractivity contribution in [3.8, 4) is 0 Å². The van der Waals surface area contributed by atoms with Crippen LogP contribution in [0, 0.1) is 0 Å². The van der Waals surface area contributed by atoms with Gasteiger partial charge in [-0.1, -0.05) is 73.3 Å². The molecule has 0 aliphatic rings. The Balaban J connectivity index is 1.84. The summed E-state index contributed by atoms with van der Waals surface area (Å²) in [5.41, 5.74) is 4.39. The Labute approximate surface area is 120 Å². The van der Waals surface area contributed by atoms with Crippen molar-refractivity contribution in [2.24, 2.45) is 5.16 Å². The van der Waals surface area contributed by atoms with Crippen molar-refractivity contribution in [3.63, 3.8) is 0 Å². The first-order valence-electron chi connectivity index (χ1n) is 6.70. The van der Waals surface area contributed by atoms with Crippen molar-refractivity contribution in [1.82, 2.24) is 0 Å². The molecule has 0 spiro atoms. The van der Waals surface area contributed by atoms with Crippen LogP contribution in [0.5, 0.6) is 0 Å². The first kappa shape index (κ1) is 14.1. The Morgan fingerprint density at radius 3 is 2.30 bits per heavy atom. The maximum atomic E-state index is 5.24. The molecule has 0 aliphatic heterocycles. The number of hydrogen-bond donors (Lipinski definition) is 0. The van der Waals surface area contributed by atoms with Crippen molar-refractivity contribution < 1.29 is 4.84 Å². The van der Waals surface area contributed by atoms with Crippen molar-refractivity contribution in [2.75, 3.05) is 0 Å². The third kappa shape index (κ3) is 4.09. The zero-order valence-electron chi connectivity index (χ0n) is 11.7. The van der Waals surface area contributed by atoms with Gasteiger partial charge in [0.1, 0.15) is 12.8 Å². The van der Waals surface area contributed by atoms with E-state index in [2.05, 4.69) is 37.0 Å². The highest BCUT2D eigenvalue weighted by Gasteiger charge is 1.93. The Kier molecular flexibility index (Phi) is 5.13. The molecule has 20 heavy (non-hydrogen) atoms. The van der Waals surface area contributed by atoms with E-state index in [4.69, 9.17) is 4.84 Å². The minimum atomic E-state index is 0.442. The summed E-state index contributed by atoms with van der Waals surface area (Å²) in [7, 11) is 0. The van der Waals surface area contributed by atoms with Gasteiger partial charge in [-0.2, -0.15) is 0 Å². The highest BCUT2D eigenvalue weighted by molar-refractivity contribution is 5.79. The van der Waals surface area contributed by atoms with Crippen LogP contribution in [0.25, 0.3) is 6.08 Å². The largest absolute Gasteiger partial charge is 0.390 e. The molecule has 2 heteroatoms. The van der Waals surface area contributed by atoms with E-state index >= 15 is 0 Å². The van der Waals surface area contributed by atoms with Gasteiger partial charge in [-0.3, -0.25) is 0 Å². The summed E-state index contributed by atoms with van der Waals surface area (Å²) in [6.07, 6.45) is 5.73. The summed E-state index contributed by atoms with van der Waals surface area (Å²) in [5, 5.41) is 3.86. The molecule has 0 heterocycles. The van der Waals surface area contributed by atoms with Gasteiger partial charge in [0.2, 0.25) is 0 Å². The normalized spacial score (nSPS) is 10.7. The summed E-state index contributed by atoms with van der Waals surface area (Å²) in [6.45, 7) is 6.30. The minimum Gasteiger partial charge on any atom is -0.390 e. The Hall–Kier alpha value is -2.35. The predicted molar refractivity (Wildman–Crippen MR) is 83.7 cm³/mol. The molecule has 1 radical (unpaired) electrons. The van der Waals surface area contributed by atoms with Crippen LogP contribution in [0.15, 0.2) is 60.3 Å². The van der Waals surface area contributed by atoms with E-state index in [1.54, 1.807) is 0 Å². The average Bonchev–Trinajstić information content (AvgIpc) is 2.53. The predicted octanol–water partition coefficient (Wildman–Crippen LogP) is 4.32. The molecule has 2 nitrogen and oxygen atoms in total. The second-order valence-corrected chi connectivity index (χ2v) is 4.47. The molecule has 0 aromatic heterocycles. The fourth-order valence-corrected chi connectivity index (χ4v) is 1.76. The Morgan fingerprint density at radius 2 is 1.70 bits per heavy atom. The first-order valence-corrected chi connectivity index (χ1v) is 6.70. The highest BCUT2D eigenvalue weighted by Crippen LogP contribution is 2.07. The van der Waals surface area contributed by atoms with Crippen molar-refractivity contribution in [3.05, 3.63) is 77.4 Å². The average molecular weight is 264 g/mol. The van der Waals surface area contributed by atoms with Gasteiger partial charge in [-0.05, 0) is 23.1 Å². The fraction of sp³-hybridized carbons (Fsp3) is 0.167. The third-order valence-corrected chi connectivity index (χ3v) is 3.05. The second-order valence-electron chi connectivity index (χ2n) is 4.47. The number of benzene rings is 2. The quantitative estimate of drug-likeness (QED) is 0.562. The fourth-order valence-electron chi connectivity index (χ4n) is 1.76. The van der Waals surface area contributed by atoms with Crippen LogP contribution in [-0.4, -0.2) is 6.21 Å². The maximum Gasteiger partial charge on any atom is 0.142 e. The van der Waals surface area contributed by atoms with Crippen LogP contribution >= 0.6 is 0 Å². The standard InChI is InChI=1S/C18H18NO/c1-3-15-5-9-17(10-6-15)13-19-20-14-18-11-7-16(4-2)8-12-18/h4-12H,2-3,14H2,1H3. The van der Waals surface area contributed by atoms with E-state index in [-0.39, 0.29) is 0 Å². The van der Waals surface area contributed by atoms with Gasteiger partial charge in [-0.25, -0.2) is 0 Å². The van der Waals surface area contributed by atoms with Crippen molar-refractivity contribution in [1.29, 1.82) is 0 Å². The van der Waals surface area contributed by atoms with Crippen molar-refractivity contribution >= 4 is 12.3 Å². The van der Waals surface area contributed by atoms with E-state index in [0.717, 1.165) is 23.1 Å². The third-order valence-electron chi connectivity index (χ3n) is 3.05. The van der Waals surface area contributed by atoms with E-state index in [1.165, 1.54) is 5.56 Å². The molecule has 0 N–H and O–H groups in total. The SMILES string of the molecule is C=Cc1ccc(CO/N=[C]\c2ccc(CC)cc2)cc1. The van der Waals surface area contributed by atoms with E-state index in [9.17, 15) is 0 Å². The summed E-state index contributed by atoms with van der Waals surface area (Å²) >= 11 is 0. The van der Waals surface area contributed by atoms with E-state index in [0.29, 0.717) is 6.61 Å². The van der Waals surface area contributed by atoms with Gasteiger partial charge >= 0.3 is 0 Å². The summed E-state index contributed by atoms with van der Waals surface area (Å²) < 4.78 is 0. The molecule has 0 atom stereocenters. The zero-order valence-corrected chi connectivity index (χ0v) is 11.7. The summed E-state index contributed by atoms with van der Waals surface area (Å²) in [6, 6.07) is 16.1. The van der Waals surface area contributed by atoms with Crippen LogP contribution < -0.4 is 0 Å². The van der Waals surface area contributed by atoms with Crippen LogP contribution in [0.2, 0.25) is 0 Å². The lowest BCUT2D eigenvalue weighted by atomic mass is 10.1. The molecule has 0 bridgehead atoms. The smallest absolute Gasteiger partial charge is 0.142 e. The van der Waals surface area contributed by atoms with Gasteiger partial charge in [0, 0.05) is 5.56 Å². The van der Waals surface area contributed by atoms with Gasteiger partial charge in [0.15, 0.2) is 0 Å². The molecular formula is C18H18NO. The molecule has 0 aliphatic carbocycles. The summed E-state index contributed by atoms with van der Waals surface area (Å²) in [5.74, 6) is 0. The van der Waals surface area contributed by atoms with Crippen LogP contribution in [-0.2, 0) is 17.9 Å². The molecule has 0 saturated carbocycles. The molecule has 2 aromatic carbocycles. The number of aryl methyl sites for hydroxylation is 1. The van der Waals surface area contributed by atoms with E-state index in [1.807, 2.05) is 42.5 Å². The first-order chi connectivity index (χ1) is 9.81. The van der Waals surface area contributed by atoms with Gasteiger partial charge < -0.3 is 4.84 Å². The topological polar surface area (TPSA) is 21.6 Å². The zero-order chi connectivity index (χ0) is 14.2. The second kappa shape index (κ2) is 7.29. The Morgan fingerprint density at radius 1 is 1.05 bits per heavy atom. The molecule has 2 aromatic rings. The van der Waals surface area contributed by atoms with Crippen molar-refractivity contribution in [2.45, 2.75) is 20.0 Å². The Bertz CT molecular complexity index is 567.